The van der Waals surface area contributed by atoms with Gasteiger partial charge in [-0.15, -0.1) is 0 Å². The average molecular weight is 294 g/mol. The minimum absolute atomic E-state index is 0.0512. The van der Waals surface area contributed by atoms with Gasteiger partial charge in [0.1, 0.15) is 18.9 Å². The van der Waals surface area contributed by atoms with Crippen molar-refractivity contribution in [3.05, 3.63) is 0 Å². The first-order valence-electron chi connectivity index (χ1n) is 8.83. The summed E-state index contributed by atoms with van der Waals surface area (Å²) in [5.74, 6) is 1.52. The summed E-state index contributed by atoms with van der Waals surface area (Å²) in [5, 5.41) is 0. The molecule has 1 saturated heterocycles. The summed E-state index contributed by atoms with van der Waals surface area (Å²) in [7, 11) is 0. The maximum absolute atomic E-state index is 12.9. The SMILES string of the molecule is CC[N+]1(CCC2C(=O)C3(C)CCC2C3(C)C)CCOCC1. The van der Waals surface area contributed by atoms with Gasteiger partial charge >= 0.3 is 0 Å². The quantitative estimate of drug-likeness (QED) is 0.745. The molecular formula is C18H32NO2+. The Bertz CT molecular complexity index is 425. The van der Waals surface area contributed by atoms with Gasteiger partial charge in [-0.2, -0.15) is 0 Å². The van der Waals surface area contributed by atoms with Crippen molar-refractivity contribution < 1.29 is 14.0 Å². The van der Waals surface area contributed by atoms with Crippen LogP contribution in [0.4, 0.5) is 0 Å². The maximum Gasteiger partial charge on any atom is 0.142 e. The van der Waals surface area contributed by atoms with Gasteiger partial charge in [0.05, 0.1) is 26.3 Å². The van der Waals surface area contributed by atoms with Crippen molar-refractivity contribution in [3.8, 4) is 0 Å². The maximum atomic E-state index is 12.9. The zero-order valence-corrected chi connectivity index (χ0v) is 14.3. The highest BCUT2D eigenvalue weighted by Gasteiger charge is 2.65. The summed E-state index contributed by atoms with van der Waals surface area (Å²) in [6.45, 7) is 15.6. The van der Waals surface area contributed by atoms with Crippen LogP contribution in [-0.2, 0) is 9.53 Å². The number of nitrogens with zero attached hydrogens (tertiary/aromatic N) is 1. The van der Waals surface area contributed by atoms with Gasteiger partial charge in [0.2, 0.25) is 0 Å². The van der Waals surface area contributed by atoms with Crippen LogP contribution < -0.4 is 0 Å². The molecule has 0 aromatic heterocycles. The molecule has 3 rings (SSSR count). The molecule has 1 aliphatic heterocycles. The smallest absolute Gasteiger partial charge is 0.142 e. The van der Waals surface area contributed by atoms with Gasteiger partial charge in [0.15, 0.2) is 0 Å². The third kappa shape index (κ3) is 2.11. The van der Waals surface area contributed by atoms with Gasteiger partial charge in [0.25, 0.3) is 0 Å². The number of carbonyl (C=O) groups excluding carboxylic acids is 1. The highest BCUT2D eigenvalue weighted by Crippen LogP contribution is 2.66. The number of quaternary nitrogens is 1. The molecule has 21 heavy (non-hydrogen) atoms. The van der Waals surface area contributed by atoms with E-state index in [4.69, 9.17) is 4.74 Å². The molecule has 3 heteroatoms. The summed E-state index contributed by atoms with van der Waals surface area (Å²) in [4.78, 5) is 12.9. The Balaban J connectivity index is 1.70. The molecule has 3 aliphatic rings. The number of hydrogen-bond donors (Lipinski definition) is 0. The summed E-state index contributed by atoms with van der Waals surface area (Å²) < 4.78 is 6.70. The van der Waals surface area contributed by atoms with Crippen LogP contribution in [0.3, 0.4) is 0 Å². The molecule has 3 atom stereocenters. The van der Waals surface area contributed by atoms with E-state index in [0.29, 0.717) is 17.6 Å². The lowest BCUT2D eigenvalue weighted by Crippen LogP contribution is -2.56. The second-order valence-corrected chi connectivity index (χ2v) is 8.40. The number of Topliss-reactive ketones (excluding diaryl/α,β-unsaturated/α-hetero) is 1. The van der Waals surface area contributed by atoms with Crippen LogP contribution in [0.2, 0.25) is 0 Å². The van der Waals surface area contributed by atoms with Crippen LogP contribution in [0, 0.1) is 22.7 Å². The van der Waals surface area contributed by atoms with Crippen molar-refractivity contribution in [1.82, 2.24) is 0 Å². The van der Waals surface area contributed by atoms with E-state index in [-0.39, 0.29) is 10.8 Å². The lowest BCUT2D eigenvalue weighted by molar-refractivity contribution is -0.934. The number of carbonyl (C=O) groups is 1. The normalized spacial score (nSPS) is 40.7. The molecule has 2 saturated carbocycles. The average Bonchev–Trinajstić information content (AvgIpc) is 2.79. The standard InChI is InChI=1S/C18H32NO2/c1-5-19(10-12-21-13-11-19)9-7-14-15-6-8-18(4,16(14)20)17(15,2)3/h14-15H,5-13H2,1-4H3/q+1. The van der Waals surface area contributed by atoms with Gasteiger partial charge in [-0.1, -0.05) is 20.8 Å². The van der Waals surface area contributed by atoms with Gasteiger partial charge in [-0.3, -0.25) is 4.79 Å². The minimum atomic E-state index is -0.0512. The van der Waals surface area contributed by atoms with E-state index >= 15 is 0 Å². The Morgan fingerprint density at radius 1 is 1.24 bits per heavy atom. The molecule has 0 radical (unpaired) electrons. The molecule has 3 fully saturated rings. The summed E-state index contributed by atoms with van der Waals surface area (Å²) in [6.07, 6.45) is 3.47. The van der Waals surface area contributed by atoms with Crippen LogP contribution in [0.25, 0.3) is 0 Å². The van der Waals surface area contributed by atoms with Gasteiger partial charge in [-0.25, -0.2) is 0 Å². The van der Waals surface area contributed by atoms with E-state index in [9.17, 15) is 4.79 Å². The van der Waals surface area contributed by atoms with E-state index in [1.807, 2.05) is 0 Å². The number of likely N-dealkylation sites (N-methyl/N-ethyl adjacent to an activating group) is 1. The van der Waals surface area contributed by atoms with Crippen molar-refractivity contribution >= 4 is 5.78 Å². The second kappa shape index (κ2) is 5.06. The van der Waals surface area contributed by atoms with Crippen molar-refractivity contribution in [2.45, 2.75) is 47.0 Å². The fourth-order valence-corrected chi connectivity index (χ4v) is 5.45. The molecule has 2 bridgehead atoms. The van der Waals surface area contributed by atoms with Gasteiger partial charge < -0.3 is 9.22 Å². The number of ether oxygens (including phenoxy) is 1. The monoisotopic (exact) mass is 294 g/mol. The van der Waals surface area contributed by atoms with E-state index in [0.717, 1.165) is 43.6 Å². The lowest BCUT2D eigenvalue weighted by Gasteiger charge is -2.41. The number of fused-ring (bicyclic) bond motifs is 2. The fraction of sp³-hybridized carbons (Fsp3) is 0.944. The zero-order chi connectivity index (χ0) is 15.3. The first-order chi connectivity index (χ1) is 9.86. The molecule has 0 amide bonds. The molecule has 2 aliphatic carbocycles. The molecule has 1 heterocycles. The van der Waals surface area contributed by atoms with Crippen LogP contribution in [-0.4, -0.2) is 49.7 Å². The molecular weight excluding hydrogens is 262 g/mol. The summed E-state index contributed by atoms with van der Waals surface area (Å²) in [6, 6.07) is 0. The van der Waals surface area contributed by atoms with Crippen molar-refractivity contribution in [2.24, 2.45) is 22.7 Å². The van der Waals surface area contributed by atoms with E-state index in [1.54, 1.807) is 0 Å². The number of morpholine rings is 1. The molecule has 0 aromatic carbocycles. The van der Waals surface area contributed by atoms with E-state index in [1.165, 1.54) is 19.5 Å². The second-order valence-electron chi connectivity index (χ2n) is 8.40. The van der Waals surface area contributed by atoms with Crippen molar-refractivity contribution in [2.75, 3.05) is 39.4 Å². The Morgan fingerprint density at radius 2 is 1.90 bits per heavy atom. The first kappa shape index (κ1) is 15.5. The number of hydrogen-bond acceptors (Lipinski definition) is 2. The molecule has 120 valence electrons. The Hall–Kier alpha value is -0.410. The van der Waals surface area contributed by atoms with Gasteiger partial charge in [0, 0.05) is 17.8 Å². The third-order valence-electron chi connectivity index (χ3n) is 7.68. The van der Waals surface area contributed by atoms with Crippen LogP contribution in [0.1, 0.15) is 47.0 Å². The largest absolute Gasteiger partial charge is 0.370 e. The molecule has 0 spiro atoms. The predicted molar refractivity (Wildman–Crippen MR) is 83.9 cm³/mol. The lowest BCUT2D eigenvalue weighted by atomic mass is 9.70. The summed E-state index contributed by atoms with van der Waals surface area (Å²) in [5.41, 5.74) is 0.154. The number of rotatable bonds is 4. The van der Waals surface area contributed by atoms with Crippen LogP contribution in [0.5, 0.6) is 0 Å². The Kier molecular flexibility index (Phi) is 3.73. The van der Waals surface area contributed by atoms with Gasteiger partial charge in [-0.05, 0) is 31.1 Å². The van der Waals surface area contributed by atoms with Crippen LogP contribution >= 0.6 is 0 Å². The Morgan fingerprint density at radius 3 is 2.43 bits per heavy atom. The highest BCUT2D eigenvalue weighted by molar-refractivity contribution is 5.91. The fourth-order valence-electron chi connectivity index (χ4n) is 5.45. The Labute approximate surface area is 129 Å². The zero-order valence-electron chi connectivity index (χ0n) is 14.3. The van der Waals surface area contributed by atoms with Crippen LogP contribution in [0.15, 0.2) is 0 Å². The first-order valence-corrected chi connectivity index (χ1v) is 8.83. The topological polar surface area (TPSA) is 26.3 Å². The third-order valence-corrected chi connectivity index (χ3v) is 7.68. The predicted octanol–water partition coefficient (Wildman–Crippen LogP) is 2.88. The van der Waals surface area contributed by atoms with E-state index in [2.05, 4.69) is 27.7 Å². The number of ketones is 1. The molecule has 3 nitrogen and oxygen atoms in total. The molecule has 0 N–H and O–H groups in total. The highest BCUT2D eigenvalue weighted by atomic mass is 16.5. The molecule has 0 aromatic rings. The summed E-state index contributed by atoms with van der Waals surface area (Å²) >= 11 is 0. The van der Waals surface area contributed by atoms with Crippen molar-refractivity contribution in [3.63, 3.8) is 0 Å². The molecule has 3 unspecified atom stereocenters. The minimum Gasteiger partial charge on any atom is -0.370 e. The van der Waals surface area contributed by atoms with Crippen molar-refractivity contribution in [1.29, 1.82) is 0 Å². The van der Waals surface area contributed by atoms with E-state index < -0.39 is 0 Å².